The molecular weight excluding hydrogens is 360 g/mol. The van der Waals surface area contributed by atoms with Crippen LogP contribution < -0.4 is 15.4 Å². The number of ether oxygens (including phenoxy) is 1. The highest BCUT2D eigenvalue weighted by molar-refractivity contribution is 5.54. The molecule has 4 rings (SSSR count). The molecule has 5 nitrogen and oxygen atoms in total. The summed E-state index contributed by atoms with van der Waals surface area (Å²) in [7, 11) is 0. The maximum absolute atomic E-state index is 6.33. The number of anilines is 1. The van der Waals surface area contributed by atoms with E-state index in [1.165, 1.54) is 12.8 Å². The molecule has 150 valence electrons. The Morgan fingerprint density at radius 3 is 2.59 bits per heavy atom. The Labute approximate surface area is 173 Å². The molecule has 0 aliphatic carbocycles. The number of rotatable bonds is 6. The molecule has 0 bridgehead atoms. The van der Waals surface area contributed by atoms with E-state index in [4.69, 9.17) is 10.5 Å². The SMILES string of the molecule is CC#CCN1CCC[C@H]1CN1C=C(N)N(c2ccc(Oc3ccccc3)cc2)C1. The van der Waals surface area contributed by atoms with E-state index in [9.17, 15) is 0 Å². The average molecular weight is 389 g/mol. The average Bonchev–Trinajstić information content (AvgIpc) is 3.34. The molecule has 0 radical (unpaired) electrons. The molecule has 1 saturated heterocycles. The summed E-state index contributed by atoms with van der Waals surface area (Å²) >= 11 is 0. The Balaban J connectivity index is 1.36. The van der Waals surface area contributed by atoms with E-state index in [0.29, 0.717) is 6.04 Å². The van der Waals surface area contributed by atoms with E-state index >= 15 is 0 Å². The van der Waals surface area contributed by atoms with Crippen LogP contribution in [0.3, 0.4) is 0 Å². The van der Waals surface area contributed by atoms with E-state index in [1.807, 2.05) is 49.4 Å². The molecule has 29 heavy (non-hydrogen) atoms. The fraction of sp³-hybridized carbons (Fsp3) is 0.333. The summed E-state index contributed by atoms with van der Waals surface area (Å²) in [6, 6.07) is 18.4. The van der Waals surface area contributed by atoms with Crippen LogP contribution in [0.25, 0.3) is 0 Å². The molecule has 1 fully saturated rings. The van der Waals surface area contributed by atoms with Crippen LogP contribution in [0.4, 0.5) is 5.69 Å². The molecule has 0 saturated carbocycles. The predicted molar refractivity (Wildman–Crippen MR) is 117 cm³/mol. The maximum atomic E-state index is 6.33. The molecule has 2 heterocycles. The van der Waals surface area contributed by atoms with Gasteiger partial charge in [-0.1, -0.05) is 24.1 Å². The lowest BCUT2D eigenvalue weighted by Crippen LogP contribution is -2.39. The first kappa shape index (κ1) is 19.2. The van der Waals surface area contributed by atoms with Crippen molar-refractivity contribution in [1.29, 1.82) is 0 Å². The van der Waals surface area contributed by atoms with Crippen molar-refractivity contribution in [3.8, 4) is 23.3 Å². The quantitative estimate of drug-likeness (QED) is 0.763. The maximum Gasteiger partial charge on any atom is 0.127 e. The number of nitrogens with zero attached hydrogens (tertiary/aromatic N) is 3. The first-order valence-corrected chi connectivity index (χ1v) is 10.2. The molecule has 1 atom stereocenters. The molecule has 0 unspecified atom stereocenters. The molecule has 2 aromatic rings. The summed E-state index contributed by atoms with van der Waals surface area (Å²) in [4.78, 5) is 6.93. The minimum Gasteiger partial charge on any atom is -0.457 e. The normalized spacial score (nSPS) is 19.1. The van der Waals surface area contributed by atoms with Crippen LogP contribution >= 0.6 is 0 Å². The summed E-state index contributed by atoms with van der Waals surface area (Å²) in [6.07, 6.45) is 4.53. The van der Waals surface area contributed by atoms with Gasteiger partial charge in [-0.3, -0.25) is 4.90 Å². The van der Waals surface area contributed by atoms with Gasteiger partial charge in [0.15, 0.2) is 0 Å². The molecule has 0 aromatic heterocycles. The second-order valence-corrected chi connectivity index (χ2v) is 7.50. The van der Waals surface area contributed by atoms with Crippen molar-refractivity contribution in [3.05, 3.63) is 66.6 Å². The zero-order valence-electron chi connectivity index (χ0n) is 16.9. The van der Waals surface area contributed by atoms with Crippen LogP contribution in [-0.2, 0) is 0 Å². The number of hydrogen-bond acceptors (Lipinski definition) is 5. The number of hydrogen-bond donors (Lipinski definition) is 1. The first-order valence-electron chi connectivity index (χ1n) is 10.2. The van der Waals surface area contributed by atoms with Gasteiger partial charge in [0.05, 0.1) is 13.2 Å². The van der Waals surface area contributed by atoms with Crippen LogP contribution in [0.2, 0.25) is 0 Å². The van der Waals surface area contributed by atoms with Crippen molar-refractivity contribution in [1.82, 2.24) is 9.80 Å². The molecule has 0 amide bonds. The number of para-hydroxylation sites is 1. The molecule has 0 spiro atoms. The summed E-state index contributed by atoms with van der Waals surface area (Å²) in [5.41, 5.74) is 7.40. The molecule has 2 aliphatic rings. The Bertz CT molecular complexity index is 898. The van der Waals surface area contributed by atoms with Gasteiger partial charge in [0.25, 0.3) is 0 Å². The van der Waals surface area contributed by atoms with Gasteiger partial charge in [-0.15, -0.1) is 5.92 Å². The highest BCUT2D eigenvalue weighted by Crippen LogP contribution is 2.28. The van der Waals surface area contributed by atoms with Crippen LogP contribution in [0, 0.1) is 11.8 Å². The minimum absolute atomic E-state index is 0.543. The van der Waals surface area contributed by atoms with Gasteiger partial charge in [0.2, 0.25) is 0 Å². The second kappa shape index (κ2) is 8.93. The first-order chi connectivity index (χ1) is 14.2. The van der Waals surface area contributed by atoms with Gasteiger partial charge >= 0.3 is 0 Å². The molecule has 5 heteroatoms. The summed E-state index contributed by atoms with van der Waals surface area (Å²) in [5.74, 6) is 8.64. The minimum atomic E-state index is 0.543. The third-order valence-electron chi connectivity index (χ3n) is 5.48. The van der Waals surface area contributed by atoms with Gasteiger partial charge in [-0.05, 0) is 62.7 Å². The summed E-state index contributed by atoms with van der Waals surface area (Å²) < 4.78 is 5.89. The fourth-order valence-corrected chi connectivity index (χ4v) is 3.98. The Morgan fingerprint density at radius 1 is 1.07 bits per heavy atom. The van der Waals surface area contributed by atoms with Gasteiger partial charge in [-0.2, -0.15) is 0 Å². The lowest BCUT2D eigenvalue weighted by atomic mass is 10.2. The fourth-order valence-electron chi connectivity index (χ4n) is 3.98. The van der Waals surface area contributed by atoms with E-state index in [2.05, 4.69) is 44.9 Å². The molecule has 2 N–H and O–H groups in total. The summed E-state index contributed by atoms with van der Waals surface area (Å²) in [6.45, 7) is 5.66. The van der Waals surface area contributed by atoms with Crippen molar-refractivity contribution in [2.45, 2.75) is 25.8 Å². The van der Waals surface area contributed by atoms with E-state index < -0.39 is 0 Å². The van der Waals surface area contributed by atoms with Gasteiger partial charge in [0.1, 0.15) is 17.3 Å². The van der Waals surface area contributed by atoms with E-state index in [-0.39, 0.29) is 0 Å². The number of benzene rings is 2. The van der Waals surface area contributed by atoms with Crippen molar-refractivity contribution in [3.63, 3.8) is 0 Å². The summed E-state index contributed by atoms with van der Waals surface area (Å²) in [5, 5.41) is 0. The standard InChI is InChI=1S/C24H28N4O/c1-2-3-15-27-16-7-8-21(27)17-26-18-24(25)28(19-26)20-11-13-23(14-12-20)29-22-9-5-4-6-10-22/h4-6,9-14,18,21H,7-8,15-17,19,25H2,1H3/t21-/m0/s1. The Morgan fingerprint density at radius 2 is 1.83 bits per heavy atom. The van der Waals surface area contributed by atoms with Crippen molar-refractivity contribution < 1.29 is 4.74 Å². The Hall–Kier alpha value is -3.10. The van der Waals surface area contributed by atoms with E-state index in [1.54, 1.807) is 0 Å². The highest BCUT2D eigenvalue weighted by atomic mass is 16.5. The van der Waals surface area contributed by atoms with Gasteiger partial charge in [-0.25, -0.2) is 0 Å². The predicted octanol–water partition coefficient (Wildman–Crippen LogP) is 3.80. The van der Waals surface area contributed by atoms with Crippen LogP contribution in [0.15, 0.2) is 66.6 Å². The van der Waals surface area contributed by atoms with Crippen LogP contribution in [0.1, 0.15) is 19.8 Å². The topological polar surface area (TPSA) is 45.0 Å². The van der Waals surface area contributed by atoms with Crippen molar-refractivity contribution in [2.24, 2.45) is 5.73 Å². The van der Waals surface area contributed by atoms with Gasteiger partial charge < -0.3 is 20.3 Å². The van der Waals surface area contributed by atoms with Crippen LogP contribution in [0.5, 0.6) is 11.5 Å². The highest BCUT2D eigenvalue weighted by Gasteiger charge is 2.28. The third-order valence-corrected chi connectivity index (χ3v) is 5.48. The number of likely N-dealkylation sites (tertiary alicyclic amines) is 1. The van der Waals surface area contributed by atoms with Crippen molar-refractivity contribution >= 4 is 5.69 Å². The third kappa shape index (κ3) is 4.67. The lowest BCUT2D eigenvalue weighted by Gasteiger charge is -2.28. The zero-order chi connectivity index (χ0) is 20.1. The molecule has 2 aliphatic heterocycles. The largest absolute Gasteiger partial charge is 0.457 e. The molecule has 2 aromatic carbocycles. The van der Waals surface area contributed by atoms with Gasteiger partial charge in [0, 0.05) is 24.5 Å². The van der Waals surface area contributed by atoms with Crippen molar-refractivity contribution in [2.75, 3.05) is 31.2 Å². The zero-order valence-corrected chi connectivity index (χ0v) is 16.9. The molecular formula is C24H28N4O. The number of nitrogens with two attached hydrogens (primary N) is 1. The Kier molecular flexibility index (Phi) is 5.92. The monoisotopic (exact) mass is 388 g/mol. The second-order valence-electron chi connectivity index (χ2n) is 7.50. The lowest BCUT2D eigenvalue weighted by molar-refractivity contribution is 0.229. The van der Waals surface area contributed by atoms with Crippen LogP contribution in [-0.4, -0.2) is 42.1 Å². The smallest absolute Gasteiger partial charge is 0.127 e. The van der Waals surface area contributed by atoms with E-state index in [0.717, 1.165) is 49.3 Å².